The van der Waals surface area contributed by atoms with Crippen molar-refractivity contribution in [2.45, 2.75) is 39.2 Å². The van der Waals surface area contributed by atoms with Gasteiger partial charge in [-0.1, -0.05) is 35.5 Å². The molecule has 1 fully saturated rings. The van der Waals surface area contributed by atoms with Gasteiger partial charge in [-0.2, -0.15) is 0 Å². The lowest BCUT2D eigenvalue weighted by Crippen LogP contribution is -2.44. The Bertz CT molecular complexity index is 1470. The van der Waals surface area contributed by atoms with Crippen molar-refractivity contribution in [1.82, 2.24) is 9.80 Å². The third kappa shape index (κ3) is 6.34. The van der Waals surface area contributed by atoms with Gasteiger partial charge in [0.2, 0.25) is 5.91 Å². The summed E-state index contributed by atoms with van der Waals surface area (Å²) in [7, 11) is 1.59. The number of benzene rings is 2. The molecule has 1 N–H and O–H groups in total. The topological polar surface area (TPSA) is 101 Å². The highest BCUT2D eigenvalue weighted by atomic mass is 35.5. The van der Waals surface area contributed by atoms with E-state index in [9.17, 15) is 14.4 Å². The first-order valence-corrected chi connectivity index (χ1v) is 15.1. The Kier molecular flexibility index (Phi) is 9.23. The number of thioether (sulfide) groups is 1. The van der Waals surface area contributed by atoms with Crippen LogP contribution >= 0.6 is 23.4 Å². The van der Waals surface area contributed by atoms with Crippen molar-refractivity contribution in [3.63, 3.8) is 0 Å². The van der Waals surface area contributed by atoms with Crippen molar-refractivity contribution in [1.29, 1.82) is 0 Å². The van der Waals surface area contributed by atoms with Gasteiger partial charge in [-0.15, -0.1) is 0 Å². The number of likely N-dealkylation sites (tertiary alicyclic amines) is 1. The Morgan fingerprint density at radius 3 is 2.67 bits per heavy atom. The number of hydrogen-bond donors (Lipinski definition) is 1. The van der Waals surface area contributed by atoms with E-state index < -0.39 is 6.04 Å². The highest BCUT2D eigenvalue weighted by Gasteiger charge is 2.41. The molecule has 2 unspecified atom stereocenters. The second kappa shape index (κ2) is 13.0. The number of carbonyl (C=O) groups excluding carboxylic acids is 3. The third-order valence-corrected chi connectivity index (χ3v) is 8.61. The van der Waals surface area contributed by atoms with Crippen molar-refractivity contribution in [2.75, 3.05) is 32.1 Å². The lowest BCUT2D eigenvalue weighted by atomic mass is 9.93. The number of nitrogens with zero attached hydrogens (tertiary/aromatic N) is 3. The molecule has 0 saturated carbocycles. The van der Waals surface area contributed by atoms with Crippen LogP contribution in [0.2, 0.25) is 5.02 Å². The maximum Gasteiger partial charge on any atom is 0.310 e. The van der Waals surface area contributed by atoms with E-state index in [4.69, 9.17) is 26.1 Å². The molecule has 2 amide bonds. The van der Waals surface area contributed by atoms with Crippen LogP contribution in [0.4, 0.5) is 5.69 Å². The number of aliphatic imine (C=N–C) groups is 1. The number of halogens is 1. The SMILES string of the molecule is CCOC(=O)C1CCCN(C(=O)CC2=CSC3=NC(C)=C(C(=O)Nc4ccc(OC)cc4)C(c4cccc(Cl)c4)N23)C1. The van der Waals surface area contributed by atoms with Crippen LogP contribution in [-0.4, -0.2) is 59.6 Å². The number of piperidine rings is 1. The average molecular weight is 609 g/mol. The van der Waals surface area contributed by atoms with E-state index >= 15 is 0 Å². The number of fused-ring (bicyclic) bond motifs is 1. The molecular formula is C31H33ClN4O5S. The Hall–Kier alpha value is -3.76. The molecule has 2 atom stereocenters. The average Bonchev–Trinajstić information content (AvgIpc) is 3.38. The molecule has 3 aliphatic rings. The number of anilines is 1. The molecule has 220 valence electrons. The molecule has 0 radical (unpaired) electrons. The van der Waals surface area contributed by atoms with Crippen molar-refractivity contribution in [3.8, 4) is 5.75 Å². The van der Waals surface area contributed by atoms with Crippen LogP contribution in [0.3, 0.4) is 0 Å². The number of nitrogens with one attached hydrogen (secondary N) is 1. The van der Waals surface area contributed by atoms with Crippen molar-refractivity contribution < 1.29 is 23.9 Å². The van der Waals surface area contributed by atoms with Crippen LogP contribution in [0.1, 0.15) is 44.7 Å². The fraction of sp³-hybridized carbons (Fsp3) is 0.355. The third-order valence-electron chi connectivity index (χ3n) is 7.48. The highest BCUT2D eigenvalue weighted by molar-refractivity contribution is 8.16. The van der Waals surface area contributed by atoms with Gasteiger partial charge in [0.05, 0.1) is 43.4 Å². The molecule has 3 heterocycles. The standard InChI is InChI=1S/C31H33ClN4O5S/c1-4-41-30(39)21-8-6-14-35(17-21)26(37)16-24-18-42-31-33-19(2)27(28(36(24)31)20-7-5-9-22(32)15-20)29(38)34-23-10-12-25(40-3)13-11-23/h5,7,9-13,15,18,21,28H,4,6,8,14,16-17H2,1-3H3,(H,34,38). The van der Waals surface area contributed by atoms with E-state index in [1.165, 1.54) is 11.8 Å². The summed E-state index contributed by atoms with van der Waals surface area (Å²) in [6.45, 7) is 4.84. The lowest BCUT2D eigenvalue weighted by molar-refractivity contribution is -0.151. The molecule has 0 bridgehead atoms. The Morgan fingerprint density at radius 2 is 1.95 bits per heavy atom. The van der Waals surface area contributed by atoms with E-state index in [1.807, 2.05) is 35.4 Å². The first kappa shape index (κ1) is 29.7. The maximum absolute atomic E-state index is 13.8. The van der Waals surface area contributed by atoms with Gasteiger partial charge in [0, 0.05) is 29.5 Å². The number of ether oxygens (including phenoxy) is 2. The molecule has 3 aliphatic heterocycles. The zero-order chi connectivity index (χ0) is 29.8. The Labute approximate surface area is 254 Å². The minimum absolute atomic E-state index is 0.0857. The Morgan fingerprint density at radius 1 is 1.17 bits per heavy atom. The second-order valence-corrected chi connectivity index (χ2v) is 11.5. The van der Waals surface area contributed by atoms with E-state index in [0.29, 0.717) is 59.0 Å². The zero-order valence-corrected chi connectivity index (χ0v) is 25.3. The van der Waals surface area contributed by atoms with Gasteiger partial charge in [-0.25, -0.2) is 4.99 Å². The fourth-order valence-electron chi connectivity index (χ4n) is 5.45. The molecule has 0 aromatic heterocycles. The molecular weight excluding hydrogens is 576 g/mol. The number of hydrogen-bond acceptors (Lipinski definition) is 8. The number of esters is 1. The van der Waals surface area contributed by atoms with Crippen LogP contribution in [-0.2, 0) is 19.1 Å². The van der Waals surface area contributed by atoms with Crippen molar-refractivity contribution in [2.24, 2.45) is 10.9 Å². The fourth-order valence-corrected chi connectivity index (χ4v) is 6.61. The van der Waals surface area contributed by atoms with E-state index in [1.54, 1.807) is 49.3 Å². The normalized spacial score (nSPS) is 20.0. The number of methoxy groups -OCH3 is 1. The predicted octanol–water partition coefficient (Wildman–Crippen LogP) is 5.75. The zero-order valence-electron chi connectivity index (χ0n) is 23.8. The van der Waals surface area contributed by atoms with Crippen molar-refractivity contribution >= 4 is 52.0 Å². The molecule has 1 saturated heterocycles. The number of rotatable bonds is 8. The smallest absolute Gasteiger partial charge is 0.310 e. The van der Waals surface area contributed by atoms with Crippen molar-refractivity contribution in [3.05, 3.63) is 81.5 Å². The van der Waals surface area contributed by atoms with Gasteiger partial charge in [0.15, 0.2) is 5.17 Å². The van der Waals surface area contributed by atoms with E-state index in [0.717, 1.165) is 17.7 Å². The van der Waals surface area contributed by atoms with Crippen LogP contribution in [0.25, 0.3) is 0 Å². The summed E-state index contributed by atoms with van der Waals surface area (Å²) < 4.78 is 10.4. The minimum atomic E-state index is -0.558. The highest BCUT2D eigenvalue weighted by Crippen LogP contribution is 2.45. The largest absolute Gasteiger partial charge is 0.497 e. The number of amidine groups is 1. The summed E-state index contributed by atoms with van der Waals surface area (Å²) in [6.07, 6.45) is 1.55. The van der Waals surface area contributed by atoms with Gasteiger partial charge in [-0.3, -0.25) is 14.4 Å². The van der Waals surface area contributed by atoms with Gasteiger partial charge in [0.1, 0.15) is 5.75 Å². The van der Waals surface area contributed by atoms with Crippen LogP contribution in [0.5, 0.6) is 5.75 Å². The van der Waals surface area contributed by atoms with Gasteiger partial charge >= 0.3 is 5.97 Å². The first-order chi connectivity index (χ1) is 20.3. The summed E-state index contributed by atoms with van der Waals surface area (Å²) in [5.74, 6) is -0.285. The van der Waals surface area contributed by atoms with Crippen LogP contribution < -0.4 is 10.1 Å². The molecule has 0 spiro atoms. The second-order valence-electron chi connectivity index (χ2n) is 10.2. The van der Waals surface area contributed by atoms with Gasteiger partial charge < -0.3 is 24.6 Å². The summed E-state index contributed by atoms with van der Waals surface area (Å²) in [4.78, 5) is 48.2. The summed E-state index contributed by atoms with van der Waals surface area (Å²) >= 11 is 7.84. The summed E-state index contributed by atoms with van der Waals surface area (Å²) in [5, 5.41) is 6.13. The summed E-state index contributed by atoms with van der Waals surface area (Å²) in [5.41, 5.74) is 3.19. The first-order valence-electron chi connectivity index (χ1n) is 13.9. The minimum Gasteiger partial charge on any atom is -0.497 e. The Balaban J connectivity index is 1.42. The van der Waals surface area contributed by atoms with Gasteiger partial charge in [0.25, 0.3) is 5.91 Å². The van der Waals surface area contributed by atoms with Crippen LogP contribution in [0, 0.1) is 5.92 Å². The molecule has 11 heteroatoms. The predicted molar refractivity (Wildman–Crippen MR) is 164 cm³/mol. The number of allylic oxidation sites excluding steroid dienone is 1. The molecule has 0 aliphatic carbocycles. The molecule has 9 nitrogen and oxygen atoms in total. The summed E-state index contributed by atoms with van der Waals surface area (Å²) in [6, 6.07) is 13.9. The van der Waals surface area contributed by atoms with Gasteiger partial charge in [-0.05, 0) is 74.1 Å². The number of carbonyl (C=O) groups is 3. The van der Waals surface area contributed by atoms with E-state index in [2.05, 4.69) is 5.32 Å². The molecule has 2 aromatic carbocycles. The molecule has 2 aromatic rings. The molecule has 5 rings (SSSR count). The maximum atomic E-state index is 13.8. The molecule has 42 heavy (non-hydrogen) atoms. The lowest BCUT2D eigenvalue weighted by Gasteiger charge is -2.37. The quantitative estimate of drug-likeness (QED) is 0.381. The van der Waals surface area contributed by atoms with E-state index in [-0.39, 0.29) is 30.1 Å². The number of amides is 2. The van der Waals surface area contributed by atoms with Crippen LogP contribution in [0.15, 0.2) is 75.9 Å². The monoisotopic (exact) mass is 608 g/mol.